The highest BCUT2D eigenvalue weighted by Gasteiger charge is 2.52. The van der Waals surface area contributed by atoms with E-state index in [2.05, 4.69) is 20.9 Å². The van der Waals surface area contributed by atoms with E-state index in [9.17, 15) is 15.0 Å². The summed E-state index contributed by atoms with van der Waals surface area (Å²) >= 11 is 3.25. The minimum atomic E-state index is -2.14. The van der Waals surface area contributed by atoms with Gasteiger partial charge in [0.05, 0.1) is 22.3 Å². The van der Waals surface area contributed by atoms with Crippen molar-refractivity contribution in [2.45, 2.75) is 43.9 Å². The van der Waals surface area contributed by atoms with Crippen molar-refractivity contribution in [1.29, 1.82) is 0 Å². The highest BCUT2D eigenvalue weighted by Crippen LogP contribution is 2.40. The van der Waals surface area contributed by atoms with Gasteiger partial charge in [-0.1, -0.05) is 0 Å². The SMILES string of the molecule is [B]C1([B])Cc2ncc(Br)cc2C(O)(CO)N1C(=O)OC(C)(C)C. The van der Waals surface area contributed by atoms with E-state index < -0.39 is 29.4 Å². The molecule has 0 aromatic carbocycles. The third kappa shape index (κ3) is 3.41. The van der Waals surface area contributed by atoms with Gasteiger partial charge in [-0.3, -0.25) is 9.88 Å². The number of rotatable bonds is 1. The van der Waals surface area contributed by atoms with Gasteiger partial charge < -0.3 is 14.9 Å². The van der Waals surface area contributed by atoms with E-state index in [4.69, 9.17) is 20.4 Å². The monoisotopic (exact) mass is 378 g/mol. The number of aromatic nitrogens is 1. The van der Waals surface area contributed by atoms with Crippen LogP contribution in [-0.4, -0.2) is 59.4 Å². The van der Waals surface area contributed by atoms with Crippen LogP contribution in [0.3, 0.4) is 0 Å². The summed E-state index contributed by atoms with van der Waals surface area (Å²) in [7, 11) is 12.1. The first kappa shape index (κ1) is 18.3. The van der Waals surface area contributed by atoms with Crippen LogP contribution >= 0.6 is 15.9 Å². The second-order valence-corrected chi connectivity index (χ2v) is 7.52. The molecule has 0 spiro atoms. The third-order valence-electron chi connectivity index (χ3n) is 3.40. The first-order valence-electron chi connectivity index (χ1n) is 7.00. The summed E-state index contributed by atoms with van der Waals surface area (Å²) in [5.41, 5.74) is -2.32. The number of aliphatic hydroxyl groups is 2. The number of pyridine rings is 1. The predicted molar refractivity (Wildman–Crippen MR) is 88.9 cm³/mol. The van der Waals surface area contributed by atoms with Crippen LogP contribution < -0.4 is 0 Å². The first-order valence-corrected chi connectivity index (χ1v) is 7.79. The Labute approximate surface area is 146 Å². The Morgan fingerprint density at radius 1 is 1.52 bits per heavy atom. The van der Waals surface area contributed by atoms with Crippen LogP contribution in [0.15, 0.2) is 16.7 Å². The number of aliphatic hydroxyl groups excluding tert-OH is 1. The maximum absolute atomic E-state index is 12.5. The van der Waals surface area contributed by atoms with Gasteiger partial charge >= 0.3 is 6.09 Å². The average molecular weight is 379 g/mol. The number of amides is 1. The van der Waals surface area contributed by atoms with E-state index in [0.717, 1.165) is 4.90 Å². The number of carbonyl (C=O) groups excluding carboxylic acids is 1. The predicted octanol–water partition coefficient (Wildman–Crippen LogP) is 0.765. The summed E-state index contributed by atoms with van der Waals surface area (Å²) < 4.78 is 5.86. The second-order valence-electron chi connectivity index (χ2n) is 6.61. The molecule has 1 aliphatic heterocycles. The van der Waals surface area contributed by atoms with Crippen molar-refractivity contribution in [1.82, 2.24) is 9.88 Å². The largest absolute Gasteiger partial charge is 0.444 e. The highest BCUT2D eigenvalue weighted by molar-refractivity contribution is 9.10. The lowest BCUT2D eigenvalue weighted by Gasteiger charge is -2.52. The van der Waals surface area contributed by atoms with Crippen LogP contribution in [0.4, 0.5) is 4.79 Å². The molecule has 2 N–H and O–H groups in total. The van der Waals surface area contributed by atoms with Gasteiger partial charge in [-0.15, -0.1) is 0 Å². The molecule has 4 radical (unpaired) electrons. The minimum Gasteiger partial charge on any atom is -0.444 e. The Morgan fingerprint density at radius 3 is 2.65 bits per heavy atom. The average Bonchev–Trinajstić information content (AvgIpc) is 2.37. The van der Waals surface area contributed by atoms with Gasteiger partial charge in [0, 0.05) is 21.9 Å². The number of ether oxygens (including phenoxy) is 1. The fourth-order valence-corrected chi connectivity index (χ4v) is 2.88. The maximum Gasteiger partial charge on any atom is 0.412 e. The number of nitrogens with zero attached hydrogens (tertiary/aromatic N) is 2. The number of hydrogen-bond donors (Lipinski definition) is 2. The second kappa shape index (κ2) is 5.79. The summed E-state index contributed by atoms with van der Waals surface area (Å²) in [6.07, 6.45) is 0.595. The summed E-state index contributed by atoms with van der Waals surface area (Å²) in [5.74, 6) is 0. The molecule has 0 bridgehead atoms. The minimum absolute atomic E-state index is 0.00281. The van der Waals surface area contributed by atoms with Gasteiger partial charge in [0.15, 0.2) is 5.72 Å². The van der Waals surface area contributed by atoms with Crippen molar-refractivity contribution in [2.75, 3.05) is 6.61 Å². The topological polar surface area (TPSA) is 82.9 Å². The molecule has 6 nitrogen and oxygen atoms in total. The van der Waals surface area contributed by atoms with Crippen molar-refractivity contribution in [3.63, 3.8) is 0 Å². The smallest absolute Gasteiger partial charge is 0.412 e. The van der Waals surface area contributed by atoms with Gasteiger partial charge in [0.2, 0.25) is 0 Å². The molecule has 0 fully saturated rings. The lowest BCUT2D eigenvalue weighted by Crippen LogP contribution is -2.68. The van der Waals surface area contributed by atoms with Gasteiger partial charge in [0.25, 0.3) is 0 Å². The zero-order valence-corrected chi connectivity index (χ0v) is 14.8. The van der Waals surface area contributed by atoms with Crippen LogP contribution in [0.5, 0.6) is 0 Å². The molecule has 1 aliphatic rings. The van der Waals surface area contributed by atoms with Crippen LogP contribution in [-0.2, 0) is 16.9 Å². The molecular formula is C14H17B2BrN2O4. The first-order chi connectivity index (χ1) is 10.4. The molecule has 120 valence electrons. The Balaban J connectivity index is 2.58. The lowest BCUT2D eigenvalue weighted by atomic mass is 9.55. The summed E-state index contributed by atoms with van der Waals surface area (Å²) in [6, 6.07) is 1.56. The normalized spacial score (nSPS) is 23.3. The molecule has 1 aromatic heterocycles. The van der Waals surface area contributed by atoms with Gasteiger partial charge in [-0.25, -0.2) is 4.79 Å². The standard InChI is InChI=1S/C14H17B2BrN2O4/c1-12(2,3)23-11(21)19-13(22,7-20)9-4-8(17)6-18-10(9)5-14(19,15)16/h4,6,20,22H,5,7H2,1-3H3. The fourth-order valence-electron chi connectivity index (χ4n) is 2.55. The van der Waals surface area contributed by atoms with Crippen molar-refractivity contribution >= 4 is 37.7 Å². The van der Waals surface area contributed by atoms with E-state index in [1.54, 1.807) is 26.8 Å². The summed E-state index contributed by atoms with van der Waals surface area (Å²) in [5, 5.41) is 19.0. The molecule has 1 aromatic rings. The highest BCUT2D eigenvalue weighted by atomic mass is 79.9. The van der Waals surface area contributed by atoms with E-state index >= 15 is 0 Å². The Kier molecular flexibility index (Phi) is 4.60. The molecule has 2 rings (SSSR count). The number of fused-ring (bicyclic) bond motifs is 1. The van der Waals surface area contributed by atoms with Gasteiger partial charge in [-0.05, 0) is 54.5 Å². The van der Waals surface area contributed by atoms with E-state index in [0.29, 0.717) is 10.2 Å². The number of carbonyl (C=O) groups is 1. The van der Waals surface area contributed by atoms with Crippen LogP contribution in [0.1, 0.15) is 32.0 Å². The third-order valence-corrected chi connectivity index (χ3v) is 3.84. The molecule has 0 saturated carbocycles. The zero-order chi connectivity index (χ0) is 17.6. The summed E-state index contributed by atoms with van der Waals surface area (Å²) in [4.78, 5) is 17.5. The van der Waals surface area contributed by atoms with Crippen molar-refractivity contribution in [3.05, 3.63) is 28.0 Å². The Hall–Kier alpha value is -1.05. The number of hydrogen-bond acceptors (Lipinski definition) is 5. The molecule has 9 heteroatoms. The molecule has 2 heterocycles. The zero-order valence-electron chi connectivity index (χ0n) is 13.2. The maximum atomic E-state index is 12.5. The molecule has 0 saturated heterocycles. The van der Waals surface area contributed by atoms with Crippen LogP contribution in [0, 0.1) is 0 Å². The molecule has 1 amide bonds. The van der Waals surface area contributed by atoms with Crippen molar-refractivity contribution < 1.29 is 19.7 Å². The Morgan fingerprint density at radius 2 is 2.13 bits per heavy atom. The summed E-state index contributed by atoms with van der Waals surface area (Å²) in [6.45, 7) is 4.21. The van der Waals surface area contributed by atoms with E-state index in [1.807, 2.05) is 0 Å². The van der Waals surface area contributed by atoms with E-state index in [-0.39, 0.29) is 12.0 Å². The molecule has 1 unspecified atom stereocenters. The quantitative estimate of drug-likeness (QED) is 0.705. The van der Waals surface area contributed by atoms with Gasteiger partial charge in [-0.2, -0.15) is 0 Å². The lowest BCUT2D eigenvalue weighted by molar-refractivity contribution is -0.158. The Bertz CT molecular complexity index is 636. The number of halogens is 1. The van der Waals surface area contributed by atoms with Crippen LogP contribution in [0.2, 0.25) is 0 Å². The van der Waals surface area contributed by atoms with Crippen molar-refractivity contribution in [2.24, 2.45) is 0 Å². The molecule has 23 heavy (non-hydrogen) atoms. The van der Waals surface area contributed by atoms with E-state index in [1.165, 1.54) is 6.20 Å². The van der Waals surface area contributed by atoms with Crippen molar-refractivity contribution in [3.8, 4) is 0 Å². The van der Waals surface area contributed by atoms with Crippen LogP contribution in [0.25, 0.3) is 0 Å². The molecule has 0 aliphatic carbocycles. The fraction of sp³-hybridized carbons (Fsp3) is 0.571. The molecular weight excluding hydrogens is 362 g/mol. The molecule has 1 atom stereocenters. The van der Waals surface area contributed by atoms with Gasteiger partial charge in [0.1, 0.15) is 5.60 Å².